The number of nitriles is 1. The number of aliphatic hydroxyl groups excluding tert-OH is 1. The van der Waals surface area contributed by atoms with Gasteiger partial charge in [-0.2, -0.15) is 10.2 Å². The lowest BCUT2D eigenvalue weighted by Gasteiger charge is -2.33. The molecule has 4 aromatic rings. The van der Waals surface area contributed by atoms with Crippen molar-refractivity contribution < 1.29 is 19.2 Å². The van der Waals surface area contributed by atoms with Crippen molar-refractivity contribution in [1.29, 1.82) is 5.26 Å². The van der Waals surface area contributed by atoms with Crippen molar-refractivity contribution in [2.75, 3.05) is 33.4 Å². The molecule has 5 rings (SSSR count). The molecule has 3 unspecified atom stereocenters. The highest BCUT2D eigenvalue weighted by Crippen LogP contribution is 2.33. The highest BCUT2D eigenvalue weighted by Gasteiger charge is 2.27. The van der Waals surface area contributed by atoms with E-state index in [-0.39, 0.29) is 5.92 Å². The summed E-state index contributed by atoms with van der Waals surface area (Å²) in [6.07, 6.45) is 8.73. The first-order chi connectivity index (χ1) is 21.6. The molecular formula is C33H41ClN6O4. The van der Waals surface area contributed by atoms with Crippen LogP contribution in [0.4, 0.5) is 0 Å². The van der Waals surface area contributed by atoms with Gasteiger partial charge in [-0.1, -0.05) is 60.4 Å². The minimum absolute atomic E-state index is 0.118. The van der Waals surface area contributed by atoms with Gasteiger partial charge in [-0.05, 0) is 56.1 Å². The van der Waals surface area contributed by atoms with Crippen molar-refractivity contribution >= 4 is 29.0 Å². The third-order valence-corrected chi connectivity index (χ3v) is 8.32. The number of aromatic nitrogens is 4. The van der Waals surface area contributed by atoms with E-state index in [0.717, 1.165) is 68.8 Å². The molecule has 2 aromatic carbocycles. The standard InChI is InChI=1S/C32H37ClN6O3.CH4O/c1-2-12-41-13-11-27(32-36-31(37-42-32)26-9-4-3-5-10-26)20-38(22-40)18-23-7-6-8-24(14-23)19-39-21-35-30-28(33)15-25(17-34)16-29(30)39;1-2/h3-5,9-10,15-16,21-24,27H,2,6-8,11-14,18-20H2,1H3;2H,1H3. The Morgan fingerprint density at radius 1 is 1.23 bits per heavy atom. The number of carbonyl (C=O) groups is 1. The first kappa shape index (κ1) is 33.1. The fourth-order valence-electron chi connectivity index (χ4n) is 5.99. The number of halogens is 1. The van der Waals surface area contributed by atoms with Gasteiger partial charge in [0.1, 0.15) is 5.52 Å². The van der Waals surface area contributed by atoms with Gasteiger partial charge >= 0.3 is 0 Å². The zero-order valence-corrected chi connectivity index (χ0v) is 26.2. The van der Waals surface area contributed by atoms with Gasteiger partial charge in [-0.25, -0.2) is 4.98 Å². The van der Waals surface area contributed by atoms with Crippen LogP contribution in [0.2, 0.25) is 5.02 Å². The maximum atomic E-state index is 12.3. The highest BCUT2D eigenvalue weighted by molar-refractivity contribution is 6.35. The SMILES string of the molecule is CCCOCCC(CN(C=O)CC1CCCC(Cn2cnc3c(Cl)cc(C#N)cc32)C1)c1nc(-c2ccccc2)no1.CO. The van der Waals surface area contributed by atoms with Crippen LogP contribution in [0.1, 0.15) is 62.8 Å². The summed E-state index contributed by atoms with van der Waals surface area (Å²) in [6, 6.07) is 15.4. The molecule has 2 aromatic heterocycles. The van der Waals surface area contributed by atoms with E-state index >= 15 is 0 Å². The molecule has 1 N–H and O–H groups in total. The van der Waals surface area contributed by atoms with Crippen LogP contribution in [0.25, 0.3) is 22.4 Å². The van der Waals surface area contributed by atoms with Gasteiger partial charge in [-0.15, -0.1) is 0 Å². The van der Waals surface area contributed by atoms with Crippen LogP contribution < -0.4 is 0 Å². The van der Waals surface area contributed by atoms with Gasteiger partial charge in [0.2, 0.25) is 18.1 Å². The summed E-state index contributed by atoms with van der Waals surface area (Å²) in [4.78, 5) is 23.4. The van der Waals surface area contributed by atoms with Crippen LogP contribution in [-0.4, -0.2) is 69.5 Å². The minimum atomic E-state index is -0.118. The Morgan fingerprint density at radius 3 is 2.77 bits per heavy atom. The lowest BCUT2D eigenvalue weighted by Crippen LogP contribution is -2.35. The predicted octanol–water partition coefficient (Wildman–Crippen LogP) is 6.09. The Kier molecular flexibility index (Phi) is 12.7. The van der Waals surface area contributed by atoms with Gasteiger partial charge in [0.25, 0.3) is 0 Å². The van der Waals surface area contributed by atoms with Crippen molar-refractivity contribution in [2.24, 2.45) is 11.8 Å². The largest absolute Gasteiger partial charge is 0.400 e. The Labute approximate surface area is 263 Å². The monoisotopic (exact) mass is 620 g/mol. The number of benzene rings is 2. The molecule has 44 heavy (non-hydrogen) atoms. The van der Waals surface area contributed by atoms with E-state index in [4.69, 9.17) is 31.0 Å². The summed E-state index contributed by atoms with van der Waals surface area (Å²) >= 11 is 6.37. The fraction of sp³-hybridized carbons (Fsp3) is 0.485. The minimum Gasteiger partial charge on any atom is -0.400 e. The predicted molar refractivity (Wildman–Crippen MR) is 169 cm³/mol. The van der Waals surface area contributed by atoms with E-state index in [1.165, 1.54) is 0 Å². The number of ether oxygens (including phenoxy) is 1. The maximum absolute atomic E-state index is 12.3. The summed E-state index contributed by atoms with van der Waals surface area (Å²) in [7, 11) is 1.00. The number of imidazole rings is 1. The van der Waals surface area contributed by atoms with Crippen LogP contribution in [0, 0.1) is 23.2 Å². The quantitative estimate of drug-likeness (QED) is 0.132. The molecule has 11 heteroatoms. The summed E-state index contributed by atoms with van der Waals surface area (Å²) in [5.41, 5.74) is 3.04. The van der Waals surface area contributed by atoms with Crippen molar-refractivity contribution in [3.63, 3.8) is 0 Å². The second-order valence-corrected chi connectivity index (χ2v) is 11.6. The van der Waals surface area contributed by atoms with E-state index in [0.29, 0.717) is 66.9 Å². The van der Waals surface area contributed by atoms with Crippen molar-refractivity contribution in [3.8, 4) is 17.5 Å². The van der Waals surface area contributed by atoms with Crippen LogP contribution >= 0.6 is 11.6 Å². The Morgan fingerprint density at radius 2 is 2.02 bits per heavy atom. The number of nitrogens with zero attached hydrogens (tertiary/aromatic N) is 6. The third-order valence-electron chi connectivity index (χ3n) is 8.03. The van der Waals surface area contributed by atoms with Crippen LogP contribution in [0.3, 0.4) is 0 Å². The summed E-state index contributed by atoms with van der Waals surface area (Å²) < 4.78 is 13.6. The highest BCUT2D eigenvalue weighted by atomic mass is 35.5. The number of fused-ring (bicyclic) bond motifs is 1. The molecule has 1 aliphatic carbocycles. The molecule has 0 saturated heterocycles. The number of aliphatic hydroxyl groups is 1. The Hall–Kier alpha value is -3.78. The lowest BCUT2D eigenvalue weighted by molar-refractivity contribution is -0.119. The van der Waals surface area contributed by atoms with E-state index in [1.807, 2.05) is 47.6 Å². The second kappa shape index (κ2) is 16.9. The van der Waals surface area contributed by atoms with Crippen LogP contribution in [0.15, 0.2) is 53.3 Å². The van der Waals surface area contributed by atoms with E-state index < -0.39 is 0 Å². The molecule has 0 aliphatic heterocycles. The average molecular weight is 621 g/mol. The molecule has 1 amide bonds. The third kappa shape index (κ3) is 8.65. The van der Waals surface area contributed by atoms with Crippen molar-refractivity contribution in [3.05, 3.63) is 65.3 Å². The normalized spacial score (nSPS) is 17.0. The zero-order valence-electron chi connectivity index (χ0n) is 25.4. The summed E-state index contributed by atoms with van der Waals surface area (Å²) in [5.74, 6) is 1.80. The van der Waals surface area contributed by atoms with Gasteiger partial charge < -0.3 is 23.8 Å². The number of rotatable bonds is 14. The van der Waals surface area contributed by atoms with Gasteiger partial charge in [0.15, 0.2) is 0 Å². The molecular weight excluding hydrogens is 580 g/mol. The second-order valence-electron chi connectivity index (χ2n) is 11.2. The average Bonchev–Trinajstić information content (AvgIpc) is 3.72. The van der Waals surface area contributed by atoms with Crippen molar-refractivity contribution in [2.45, 2.75) is 57.9 Å². The number of amides is 1. The Balaban J connectivity index is 0.00000216. The van der Waals surface area contributed by atoms with Crippen molar-refractivity contribution in [1.82, 2.24) is 24.6 Å². The Bertz CT molecular complexity index is 1500. The lowest BCUT2D eigenvalue weighted by atomic mass is 9.81. The summed E-state index contributed by atoms with van der Waals surface area (Å²) in [5, 5.41) is 21.1. The van der Waals surface area contributed by atoms with Gasteiger partial charge in [0, 0.05) is 45.5 Å². The molecule has 0 bridgehead atoms. The molecule has 0 spiro atoms. The van der Waals surface area contributed by atoms with Crippen LogP contribution in [-0.2, 0) is 16.1 Å². The van der Waals surface area contributed by atoms with Gasteiger partial charge in [0.05, 0.1) is 34.4 Å². The first-order valence-electron chi connectivity index (χ1n) is 15.2. The molecule has 1 fully saturated rings. The molecule has 10 nitrogen and oxygen atoms in total. The molecule has 2 heterocycles. The van der Waals surface area contributed by atoms with Gasteiger partial charge in [-0.3, -0.25) is 4.79 Å². The summed E-state index contributed by atoms with van der Waals surface area (Å²) in [6.45, 7) is 5.33. The van der Waals surface area contributed by atoms with E-state index in [2.05, 4.69) is 27.7 Å². The molecule has 1 aliphatic rings. The fourth-order valence-corrected chi connectivity index (χ4v) is 6.25. The molecule has 234 valence electrons. The smallest absolute Gasteiger partial charge is 0.231 e. The topological polar surface area (TPSA) is 130 Å². The maximum Gasteiger partial charge on any atom is 0.231 e. The molecule has 0 radical (unpaired) electrons. The number of hydrogen-bond donors (Lipinski definition) is 1. The number of carbonyl (C=O) groups excluding carboxylic acids is 1. The number of hydrogen-bond acceptors (Lipinski definition) is 8. The molecule has 3 atom stereocenters. The van der Waals surface area contributed by atoms with E-state index in [9.17, 15) is 10.1 Å². The van der Waals surface area contributed by atoms with Crippen LogP contribution in [0.5, 0.6) is 0 Å². The zero-order chi connectivity index (χ0) is 31.3. The first-order valence-corrected chi connectivity index (χ1v) is 15.6. The molecule has 1 saturated carbocycles. The van der Waals surface area contributed by atoms with E-state index in [1.54, 1.807) is 6.07 Å².